The van der Waals surface area contributed by atoms with Crippen LogP contribution in [-0.4, -0.2) is 48.4 Å². The molecule has 33 heavy (non-hydrogen) atoms. The Morgan fingerprint density at radius 1 is 1.00 bits per heavy atom. The van der Waals surface area contributed by atoms with Crippen molar-refractivity contribution in [3.8, 4) is 0 Å². The van der Waals surface area contributed by atoms with E-state index in [9.17, 15) is 19.2 Å². The van der Waals surface area contributed by atoms with E-state index in [4.69, 9.17) is 4.74 Å². The van der Waals surface area contributed by atoms with Crippen LogP contribution in [0.1, 0.15) is 46.0 Å². The number of thioether (sulfide) groups is 1. The highest BCUT2D eigenvalue weighted by Gasteiger charge is 2.34. The zero-order valence-corrected chi connectivity index (χ0v) is 19.1. The van der Waals surface area contributed by atoms with Gasteiger partial charge in [0.25, 0.3) is 11.1 Å². The number of amides is 2. The third kappa shape index (κ3) is 6.23. The molecule has 3 rings (SSSR count). The molecule has 1 saturated heterocycles. The van der Waals surface area contributed by atoms with Gasteiger partial charge in [0.1, 0.15) is 0 Å². The van der Waals surface area contributed by atoms with Crippen molar-refractivity contribution in [1.29, 1.82) is 0 Å². The van der Waals surface area contributed by atoms with Crippen molar-refractivity contribution < 1.29 is 28.7 Å². The van der Waals surface area contributed by atoms with Crippen LogP contribution in [0.15, 0.2) is 53.4 Å². The molecule has 0 atom stereocenters. The lowest BCUT2D eigenvalue weighted by atomic mass is 10.1. The fraction of sp³-hybridized carbons (Fsp3) is 0.250. The SMILES string of the molecule is CCCCOC(=O)c1ccc(NCN2C(=O)S/C(=C/c3ccc(C(=O)OC)cc3)C2=O)cc1. The van der Waals surface area contributed by atoms with Crippen LogP contribution < -0.4 is 5.32 Å². The molecular formula is C24H24N2O6S. The van der Waals surface area contributed by atoms with E-state index < -0.39 is 11.9 Å². The van der Waals surface area contributed by atoms with Crippen molar-refractivity contribution in [1.82, 2.24) is 4.90 Å². The van der Waals surface area contributed by atoms with Crippen LogP contribution >= 0.6 is 11.8 Å². The number of carbonyl (C=O) groups excluding carboxylic acids is 4. The summed E-state index contributed by atoms with van der Waals surface area (Å²) in [6.07, 6.45) is 3.36. The molecule has 1 heterocycles. The zero-order valence-electron chi connectivity index (χ0n) is 18.3. The number of unbranched alkanes of at least 4 members (excludes halogenated alkanes) is 1. The number of rotatable bonds is 9. The number of hydrogen-bond donors (Lipinski definition) is 1. The van der Waals surface area contributed by atoms with Crippen LogP contribution in [0.5, 0.6) is 0 Å². The van der Waals surface area contributed by atoms with Crippen LogP contribution in [0.4, 0.5) is 10.5 Å². The number of nitrogens with zero attached hydrogens (tertiary/aromatic N) is 1. The van der Waals surface area contributed by atoms with Gasteiger partial charge in [0.05, 0.1) is 36.4 Å². The first-order valence-corrected chi connectivity index (χ1v) is 11.2. The number of imide groups is 1. The van der Waals surface area contributed by atoms with E-state index in [2.05, 4.69) is 10.1 Å². The number of benzene rings is 2. The summed E-state index contributed by atoms with van der Waals surface area (Å²) in [5.41, 5.74) is 2.17. The topological polar surface area (TPSA) is 102 Å². The van der Waals surface area contributed by atoms with Crippen molar-refractivity contribution >= 4 is 46.6 Å². The second-order valence-electron chi connectivity index (χ2n) is 7.13. The Kier molecular flexibility index (Phi) is 8.26. The molecule has 0 spiro atoms. The molecule has 0 radical (unpaired) electrons. The van der Waals surface area contributed by atoms with Gasteiger partial charge < -0.3 is 14.8 Å². The molecule has 1 aliphatic rings. The molecule has 0 aliphatic carbocycles. The van der Waals surface area contributed by atoms with E-state index in [0.717, 1.165) is 29.5 Å². The molecule has 8 nitrogen and oxygen atoms in total. The summed E-state index contributed by atoms with van der Waals surface area (Å²) in [5.74, 6) is -1.24. The van der Waals surface area contributed by atoms with Gasteiger partial charge in [-0.05, 0) is 66.2 Å². The van der Waals surface area contributed by atoms with Gasteiger partial charge >= 0.3 is 11.9 Å². The fourth-order valence-electron chi connectivity index (χ4n) is 2.91. The van der Waals surface area contributed by atoms with Crippen LogP contribution in [0.3, 0.4) is 0 Å². The van der Waals surface area contributed by atoms with E-state index in [1.165, 1.54) is 7.11 Å². The van der Waals surface area contributed by atoms with Crippen LogP contribution in [0, 0.1) is 0 Å². The van der Waals surface area contributed by atoms with Gasteiger partial charge in [0.15, 0.2) is 0 Å². The third-order valence-corrected chi connectivity index (χ3v) is 5.70. The molecule has 1 aliphatic heterocycles. The van der Waals surface area contributed by atoms with Gasteiger partial charge in [-0.15, -0.1) is 0 Å². The number of methoxy groups -OCH3 is 1. The predicted molar refractivity (Wildman–Crippen MR) is 126 cm³/mol. The van der Waals surface area contributed by atoms with Gasteiger partial charge in [0.2, 0.25) is 0 Å². The van der Waals surface area contributed by atoms with E-state index in [0.29, 0.717) is 29.0 Å². The second kappa shape index (κ2) is 11.3. The second-order valence-corrected chi connectivity index (χ2v) is 8.12. The van der Waals surface area contributed by atoms with E-state index in [1.807, 2.05) is 6.92 Å². The normalized spacial score (nSPS) is 14.5. The van der Waals surface area contributed by atoms with Crippen LogP contribution in [0.2, 0.25) is 0 Å². The molecule has 0 unspecified atom stereocenters. The summed E-state index contributed by atoms with van der Waals surface area (Å²) in [7, 11) is 1.30. The first-order valence-electron chi connectivity index (χ1n) is 10.4. The predicted octanol–water partition coefficient (Wildman–Crippen LogP) is 4.54. The molecule has 172 valence electrons. The Hall–Kier alpha value is -3.59. The lowest BCUT2D eigenvalue weighted by molar-refractivity contribution is -0.122. The Balaban J connectivity index is 1.58. The molecule has 9 heteroatoms. The van der Waals surface area contributed by atoms with Gasteiger partial charge in [-0.3, -0.25) is 14.5 Å². The first kappa shape index (κ1) is 24.1. The summed E-state index contributed by atoms with van der Waals surface area (Å²) in [6, 6.07) is 13.2. The highest BCUT2D eigenvalue weighted by molar-refractivity contribution is 8.18. The molecule has 2 aromatic carbocycles. The van der Waals surface area contributed by atoms with Gasteiger partial charge in [0, 0.05) is 5.69 Å². The molecule has 0 saturated carbocycles. The number of hydrogen-bond acceptors (Lipinski definition) is 8. The molecule has 2 aromatic rings. The van der Waals surface area contributed by atoms with Gasteiger partial charge in [-0.25, -0.2) is 9.59 Å². The first-order chi connectivity index (χ1) is 15.9. The van der Waals surface area contributed by atoms with Gasteiger partial charge in [-0.1, -0.05) is 25.5 Å². The lowest BCUT2D eigenvalue weighted by Crippen LogP contribution is -2.33. The lowest BCUT2D eigenvalue weighted by Gasteiger charge is -2.14. The summed E-state index contributed by atoms with van der Waals surface area (Å²) >= 11 is 0.848. The molecule has 2 amide bonds. The van der Waals surface area contributed by atoms with Crippen LogP contribution in [0.25, 0.3) is 6.08 Å². The summed E-state index contributed by atoms with van der Waals surface area (Å²) < 4.78 is 9.84. The van der Waals surface area contributed by atoms with E-state index >= 15 is 0 Å². The Morgan fingerprint density at radius 3 is 2.27 bits per heavy atom. The smallest absolute Gasteiger partial charge is 0.338 e. The number of carbonyl (C=O) groups is 4. The maximum atomic E-state index is 12.7. The monoisotopic (exact) mass is 468 g/mol. The molecule has 0 bridgehead atoms. The molecule has 1 fully saturated rings. The average molecular weight is 469 g/mol. The van der Waals surface area contributed by atoms with Crippen molar-refractivity contribution in [2.45, 2.75) is 19.8 Å². The quantitative estimate of drug-likeness (QED) is 0.325. The minimum atomic E-state index is -0.450. The third-order valence-electron chi connectivity index (χ3n) is 4.80. The van der Waals surface area contributed by atoms with Gasteiger partial charge in [-0.2, -0.15) is 0 Å². The largest absolute Gasteiger partial charge is 0.465 e. The minimum absolute atomic E-state index is 0.0103. The molecule has 1 N–H and O–H groups in total. The number of esters is 2. The summed E-state index contributed by atoms with van der Waals surface area (Å²) in [5, 5.41) is 2.63. The summed E-state index contributed by atoms with van der Waals surface area (Å²) in [4.78, 5) is 49.9. The van der Waals surface area contributed by atoms with E-state index in [-0.39, 0.29) is 22.8 Å². The standard InChI is InChI=1S/C24H24N2O6S/c1-3-4-13-32-23(29)18-9-11-19(12-10-18)25-15-26-21(27)20(33-24(26)30)14-16-5-7-17(8-6-16)22(28)31-2/h5-12,14,25H,3-4,13,15H2,1-2H3/b20-14+. The number of anilines is 1. The molecule has 0 aromatic heterocycles. The maximum Gasteiger partial charge on any atom is 0.338 e. The number of nitrogens with one attached hydrogen (secondary N) is 1. The summed E-state index contributed by atoms with van der Waals surface area (Å²) in [6.45, 7) is 2.40. The zero-order chi connectivity index (χ0) is 23.8. The highest BCUT2D eigenvalue weighted by Crippen LogP contribution is 2.32. The van der Waals surface area contributed by atoms with Crippen molar-refractivity contribution in [2.24, 2.45) is 0 Å². The Morgan fingerprint density at radius 2 is 1.64 bits per heavy atom. The van der Waals surface area contributed by atoms with Crippen molar-refractivity contribution in [3.63, 3.8) is 0 Å². The minimum Gasteiger partial charge on any atom is -0.465 e. The Bertz CT molecular complexity index is 1060. The Labute approximate surface area is 195 Å². The highest BCUT2D eigenvalue weighted by atomic mass is 32.2. The number of ether oxygens (including phenoxy) is 2. The maximum absolute atomic E-state index is 12.7. The fourth-order valence-corrected chi connectivity index (χ4v) is 3.75. The molecular weight excluding hydrogens is 444 g/mol. The van der Waals surface area contributed by atoms with Crippen LogP contribution in [-0.2, 0) is 14.3 Å². The van der Waals surface area contributed by atoms with E-state index in [1.54, 1.807) is 54.6 Å². The van der Waals surface area contributed by atoms with Crippen molar-refractivity contribution in [2.75, 3.05) is 25.7 Å². The van der Waals surface area contributed by atoms with Crippen molar-refractivity contribution in [3.05, 3.63) is 70.1 Å². The average Bonchev–Trinajstić information content (AvgIpc) is 3.10.